The molecule has 2 amide bonds. The Bertz CT molecular complexity index is 277. The van der Waals surface area contributed by atoms with E-state index in [9.17, 15) is 9.59 Å². The summed E-state index contributed by atoms with van der Waals surface area (Å²) in [6.07, 6.45) is 1.93. The lowest BCUT2D eigenvalue weighted by molar-refractivity contribution is -0.140. The van der Waals surface area contributed by atoms with E-state index in [1.165, 1.54) is 0 Å². The summed E-state index contributed by atoms with van der Waals surface area (Å²) < 4.78 is 0. The van der Waals surface area contributed by atoms with Crippen LogP contribution in [0.25, 0.3) is 0 Å². The second kappa shape index (κ2) is 7.95. The summed E-state index contributed by atoms with van der Waals surface area (Å²) in [6, 6.07) is -1.20. The molecular weight excluding hydrogens is 232 g/mol. The first-order chi connectivity index (χ1) is 8.23. The third-order valence-corrected chi connectivity index (χ3v) is 2.77. The third-order valence-electron chi connectivity index (χ3n) is 2.77. The zero-order valence-corrected chi connectivity index (χ0v) is 12.0. The summed E-state index contributed by atoms with van der Waals surface area (Å²) in [5, 5.41) is 14.2. The average molecular weight is 258 g/mol. The van der Waals surface area contributed by atoms with E-state index in [2.05, 4.69) is 24.5 Å². The first kappa shape index (κ1) is 16.7. The molecule has 18 heavy (non-hydrogen) atoms. The van der Waals surface area contributed by atoms with Gasteiger partial charge in [-0.25, -0.2) is 9.59 Å². The van der Waals surface area contributed by atoms with Crippen molar-refractivity contribution in [2.24, 2.45) is 11.8 Å². The highest BCUT2D eigenvalue weighted by Crippen LogP contribution is 2.06. The second-order valence-electron chi connectivity index (χ2n) is 5.55. The van der Waals surface area contributed by atoms with Crippen LogP contribution < -0.4 is 10.6 Å². The molecule has 0 bridgehead atoms. The monoisotopic (exact) mass is 258 g/mol. The fourth-order valence-electron chi connectivity index (χ4n) is 1.58. The maximum atomic E-state index is 11.6. The van der Waals surface area contributed by atoms with Gasteiger partial charge in [-0.15, -0.1) is 0 Å². The molecule has 0 aliphatic rings. The van der Waals surface area contributed by atoms with Crippen LogP contribution in [0.15, 0.2) is 0 Å². The molecule has 106 valence electrons. The van der Waals surface area contributed by atoms with Crippen LogP contribution in [0.2, 0.25) is 0 Å². The lowest BCUT2D eigenvalue weighted by Gasteiger charge is -2.21. The van der Waals surface area contributed by atoms with Gasteiger partial charge in [-0.2, -0.15) is 0 Å². The van der Waals surface area contributed by atoms with Crippen molar-refractivity contribution >= 4 is 12.0 Å². The van der Waals surface area contributed by atoms with Crippen LogP contribution >= 0.6 is 0 Å². The first-order valence-corrected chi connectivity index (χ1v) is 6.53. The van der Waals surface area contributed by atoms with Crippen molar-refractivity contribution in [3.8, 4) is 0 Å². The number of carbonyl (C=O) groups is 2. The van der Waals surface area contributed by atoms with Gasteiger partial charge in [-0.1, -0.05) is 27.7 Å². The number of rotatable bonds is 7. The average Bonchev–Trinajstić information content (AvgIpc) is 2.22. The predicted octanol–water partition coefficient (Wildman–Crippen LogP) is 2.22. The van der Waals surface area contributed by atoms with Gasteiger partial charge >= 0.3 is 12.0 Å². The van der Waals surface area contributed by atoms with Crippen LogP contribution in [0.3, 0.4) is 0 Å². The second-order valence-corrected chi connectivity index (χ2v) is 5.55. The Morgan fingerprint density at radius 3 is 1.94 bits per heavy atom. The van der Waals surface area contributed by atoms with Crippen molar-refractivity contribution in [3.05, 3.63) is 0 Å². The number of nitrogens with one attached hydrogen (secondary N) is 2. The number of hydrogen-bond donors (Lipinski definition) is 3. The molecule has 5 heteroatoms. The summed E-state index contributed by atoms with van der Waals surface area (Å²) in [5.74, 6) is -0.547. The van der Waals surface area contributed by atoms with E-state index in [0.717, 1.165) is 12.8 Å². The van der Waals surface area contributed by atoms with Gasteiger partial charge < -0.3 is 15.7 Å². The fraction of sp³-hybridized carbons (Fsp3) is 0.846. The zero-order valence-electron chi connectivity index (χ0n) is 12.0. The molecule has 0 rings (SSSR count). The van der Waals surface area contributed by atoms with Crippen LogP contribution in [-0.4, -0.2) is 29.2 Å². The molecule has 0 aromatic rings. The molecule has 0 heterocycles. The number of urea groups is 1. The fourth-order valence-corrected chi connectivity index (χ4v) is 1.58. The number of carboxylic acids is 1. The van der Waals surface area contributed by atoms with Crippen LogP contribution in [0.5, 0.6) is 0 Å². The van der Waals surface area contributed by atoms with E-state index < -0.39 is 18.0 Å². The molecular formula is C13H26N2O3. The van der Waals surface area contributed by atoms with Gasteiger partial charge in [-0.05, 0) is 31.6 Å². The number of amides is 2. The van der Waals surface area contributed by atoms with E-state index in [1.807, 2.05) is 6.92 Å². The van der Waals surface area contributed by atoms with E-state index in [0.29, 0.717) is 5.92 Å². The Balaban J connectivity index is 4.12. The van der Waals surface area contributed by atoms with Crippen LogP contribution in [0, 0.1) is 11.8 Å². The van der Waals surface area contributed by atoms with Gasteiger partial charge in [0.1, 0.15) is 6.04 Å². The molecule has 1 unspecified atom stereocenters. The van der Waals surface area contributed by atoms with Crippen LogP contribution in [0.4, 0.5) is 4.79 Å². The van der Waals surface area contributed by atoms with Crippen molar-refractivity contribution in [1.29, 1.82) is 0 Å². The van der Waals surface area contributed by atoms with Crippen LogP contribution in [0.1, 0.15) is 47.5 Å². The Kier molecular flexibility index (Phi) is 7.39. The Hall–Kier alpha value is -1.26. The maximum Gasteiger partial charge on any atom is 0.326 e. The van der Waals surface area contributed by atoms with Gasteiger partial charge in [0.05, 0.1) is 0 Å². The number of hydrogen-bond acceptors (Lipinski definition) is 2. The predicted molar refractivity (Wildman–Crippen MR) is 71.5 cm³/mol. The molecule has 0 radical (unpaired) electrons. The summed E-state index contributed by atoms with van der Waals surface area (Å²) in [6.45, 7) is 9.72. The van der Waals surface area contributed by atoms with Crippen molar-refractivity contribution in [3.63, 3.8) is 0 Å². The zero-order chi connectivity index (χ0) is 14.3. The largest absolute Gasteiger partial charge is 0.480 e. The highest BCUT2D eigenvalue weighted by atomic mass is 16.4. The van der Waals surface area contributed by atoms with Gasteiger partial charge in [0.15, 0.2) is 0 Å². The number of carbonyl (C=O) groups excluding carboxylic acids is 1. The number of aliphatic carboxylic acids is 1. The molecule has 0 fully saturated rings. The van der Waals surface area contributed by atoms with Crippen molar-refractivity contribution in [2.45, 2.75) is 59.5 Å². The minimum atomic E-state index is -1.00. The molecule has 2 atom stereocenters. The topological polar surface area (TPSA) is 78.4 Å². The van der Waals surface area contributed by atoms with E-state index in [4.69, 9.17) is 5.11 Å². The lowest BCUT2D eigenvalue weighted by Crippen LogP contribution is -2.50. The maximum absolute atomic E-state index is 11.6. The molecule has 0 aromatic heterocycles. The van der Waals surface area contributed by atoms with E-state index in [1.54, 1.807) is 13.8 Å². The minimum absolute atomic E-state index is 0.0500. The lowest BCUT2D eigenvalue weighted by atomic mass is 10.0. The summed E-state index contributed by atoms with van der Waals surface area (Å²) in [5.41, 5.74) is 0. The van der Waals surface area contributed by atoms with Crippen molar-refractivity contribution in [2.75, 3.05) is 0 Å². The summed E-state index contributed by atoms with van der Waals surface area (Å²) in [4.78, 5) is 22.6. The normalized spacial score (nSPS) is 14.4. The Labute approximate surface area is 109 Å². The summed E-state index contributed by atoms with van der Waals surface area (Å²) in [7, 11) is 0. The molecule has 0 saturated carbocycles. The smallest absolute Gasteiger partial charge is 0.326 e. The molecule has 3 N–H and O–H groups in total. The standard InChI is InChI=1S/C13H26N2O3/c1-8(2)6-7-10(5)14-13(18)15-11(9(3)4)12(16)17/h8-11H,6-7H2,1-5H3,(H,16,17)(H2,14,15,18)/t10?,11-/m1/s1. The SMILES string of the molecule is CC(C)CCC(C)NC(=O)N[C@@H](C(=O)O)C(C)C. The molecule has 0 aliphatic carbocycles. The van der Waals surface area contributed by atoms with Crippen molar-refractivity contribution in [1.82, 2.24) is 10.6 Å². The van der Waals surface area contributed by atoms with Gasteiger partial charge in [0, 0.05) is 6.04 Å². The highest BCUT2D eigenvalue weighted by Gasteiger charge is 2.23. The molecule has 0 aliphatic heterocycles. The van der Waals surface area contributed by atoms with E-state index in [-0.39, 0.29) is 12.0 Å². The molecule has 0 aromatic carbocycles. The molecule has 0 spiro atoms. The van der Waals surface area contributed by atoms with Gasteiger partial charge in [0.2, 0.25) is 0 Å². The molecule has 5 nitrogen and oxygen atoms in total. The van der Waals surface area contributed by atoms with Crippen LogP contribution in [-0.2, 0) is 4.79 Å². The minimum Gasteiger partial charge on any atom is -0.480 e. The first-order valence-electron chi connectivity index (χ1n) is 6.53. The van der Waals surface area contributed by atoms with Crippen molar-refractivity contribution < 1.29 is 14.7 Å². The summed E-state index contributed by atoms with van der Waals surface area (Å²) >= 11 is 0. The van der Waals surface area contributed by atoms with E-state index >= 15 is 0 Å². The Morgan fingerprint density at radius 1 is 1.00 bits per heavy atom. The highest BCUT2D eigenvalue weighted by molar-refractivity contribution is 5.82. The number of carboxylic acid groups (broad SMARTS) is 1. The Morgan fingerprint density at radius 2 is 1.56 bits per heavy atom. The third kappa shape index (κ3) is 7.14. The van der Waals surface area contributed by atoms with Gasteiger partial charge in [0.25, 0.3) is 0 Å². The quantitative estimate of drug-likeness (QED) is 0.655. The van der Waals surface area contributed by atoms with Gasteiger partial charge in [-0.3, -0.25) is 0 Å². The molecule has 0 saturated heterocycles.